The molecule has 0 amide bonds. The molecule has 5 nitrogen and oxygen atoms in total. The van der Waals surface area contributed by atoms with Gasteiger partial charge in [-0.25, -0.2) is 4.68 Å². The smallest absolute Gasteiger partial charge is 0.0964 e. The Kier molecular flexibility index (Phi) is 5.74. The van der Waals surface area contributed by atoms with Crippen molar-refractivity contribution in [3.63, 3.8) is 0 Å². The molecule has 0 bridgehead atoms. The van der Waals surface area contributed by atoms with Crippen molar-refractivity contribution in [1.29, 1.82) is 0 Å². The lowest BCUT2D eigenvalue weighted by molar-refractivity contribution is 0.149. The van der Waals surface area contributed by atoms with Crippen LogP contribution in [0.1, 0.15) is 19.5 Å². The van der Waals surface area contributed by atoms with E-state index >= 15 is 0 Å². The van der Waals surface area contributed by atoms with E-state index in [-0.39, 0.29) is 0 Å². The Morgan fingerprint density at radius 1 is 1.62 bits per heavy atom. The fourth-order valence-corrected chi connectivity index (χ4v) is 1.16. The zero-order valence-corrected chi connectivity index (χ0v) is 10.0. The fraction of sp³-hybridized carbons (Fsp3) is 0.636. The summed E-state index contributed by atoms with van der Waals surface area (Å²) in [5, 5.41) is 11.4. The van der Waals surface area contributed by atoms with E-state index in [4.69, 9.17) is 4.74 Å². The molecule has 0 spiro atoms. The highest BCUT2D eigenvalue weighted by Gasteiger charge is 2.01. The van der Waals surface area contributed by atoms with Gasteiger partial charge < -0.3 is 10.1 Å². The summed E-state index contributed by atoms with van der Waals surface area (Å²) in [5.74, 6) is 0. The molecule has 0 unspecified atom stereocenters. The minimum atomic E-state index is 0.459. The van der Waals surface area contributed by atoms with E-state index in [9.17, 15) is 0 Å². The van der Waals surface area contributed by atoms with Gasteiger partial charge in [-0.3, -0.25) is 0 Å². The van der Waals surface area contributed by atoms with E-state index in [1.54, 1.807) is 10.8 Å². The second-order valence-electron chi connectivity index (χ2n) is 3.87. The number of rotatable bonds is 8. The van der Waals surface area contributed by atoms with Crippen molar-refractivity contribution in [3.05, 3.63) is 24.5 Å². The molecule has 0 fully saturated rings. The molecule has 1 rings (SSSR count). The molecule has 0 atom stereocenters. The summed E-state index contributed by atoms with van der Waals surface area (Å²) in [6.45, 7) is 10.5. The zero-order chi connectivity index (χ0) is 11.8. The highest BCUT2D eigenvalue weighted by Crippen LogP contribution is 1.94. The summed E-state index contributed by atoms with van der Waals surface area (Å²) in [5.41, 5.74) is 0.956. The number of aromatic nitrogens is 3. The lowest BCUT2D eigenvalue weighted by Crippen LogP contribution is -2.21. The second-order valence-corrected chi connectivity index (χ2v) is 3.87. The van der Waals surface area contributed by atoms with Gasteiger partial charge in [0.05, 0.1) is 25.5 Å². The van der Waals surface area contributed by atoms with Gasteiger partial charge in [0.25, 0.3) is 0 Å². The maximum Gasteiger partial charge on any atom is 0.0964 e. The minimum Gasteiger partial charge on any atom is -0.375 e. The van der Waals surface area contributed by atoms with Crippen molar-refractivity contribution in [3.8, 4) is 0 Å². The molecule has 16 heavy (non-hydrogen) atoms. The molecule has 0 aliphatic rings. The van der Waals surface area contributed by atoms with Gasteiger partial charge in [0.2, 0.25) is 0 Å². The number of nitrogens with one attached hydrogen (secondary N) is 1. The normalized spacial score (nSPS) is 10.9. The van der Waals surface area contributed by atoms with Crippen LogP contribution in [0.25, 0.3) is 0 Å². The Labute approximate surface area is 96.5 Å². The van der Waals surface area contributed by atoms with Gasteiger partial charge >= 0.3 is 0 Å². The predicted octanol–water partition coefficient (Wildman–Crippen LogP) is 0.979. The van der Waals surface area contributed by atoms with Crippen LogP contribution >= 0.6 is 0 Å². The average Bonchev–Trinajstić information content (AvgIpc) is 2.70. The van der Waals surface area contributed by atoms with Crippen LogP contribution in [0.2, 0.25) is 0 Å². The van der Waals surface area contributed by atoms with Crippen LogP contribution in [-0.4, -0.2) is 34.2 Å². The van der Waals surface area contributed by atoms with Crippen molar-refractivity contribution < 1.29 is 4.74 Å². The van der Waals surface area contributed by atoms with Crippen LogP contribution in [0.15, 0.2) is 18.9 Å². The van der Waals surface area contributed by atoms with Crippen molar-refractivity contribution >= 4 is 0 Å². The molecule has 1 heterocycles. The quantitative estimate of drug-likeness (QED) is 0.528. The van der Waals surface area contributed by atoms with Crippen LogP contribution in [0.5, 0.6) is 0 Å². The molecule has 90 valence electrons. The van der Waals surface area contributed by atoms with Gasteiger partial charge in [-0.2, -0.15) is 0 Å². The first-order valence-electron chi connectivity index (χ1n) is 5.53. The Bertz CT molecular complexity index is 309. The Morgan fingerprint density at radius 3 is 3.12 bits per heavy atom. The molecular formula is C11H20N4O. The van der Waals surface area contributed by atoms with Crippen LogP contribution < -0.4 is 5.32 Å². The van der Waals surface area contributed by atoms with Crippen LogP contribution in [0, 0.1) is 0 Å². The van der Waals surface area contributed by atoms with E-state index < -0.39 is 0 Å². The van der Waals surface area contributed by atoms with Crippen molar-refractivity contribution in [2.75, 3.05) is 13.2 Å². The molecule has 1 aromatic rings. The molecular weight excluding hydrogens is 204 g/mol. The van der Waals surface area contributed by atoms with Gasteiger partial charge in [0.1, 0.15) is 0 Å². The lowest BCUT2D eigenvalue weighted by atomic mass is 10.3. The summed E-state index contributed by atoms with van der Waals surface area (Å²) in [4.78, 5) is 0. The molecule has 0 saturated carbocycles. The molecule has 1 N–H and O–H groups in total. The molecule has 0 saturated heterocycles. The summed E-state index contributed by atoms with van der Waals surface area (Å²) in [6, 6.07) is 0.459. The lowest BCUT2D eigenvalue weighted by Gasteiger charge is -2.04. The van der Waals surface area contributed by atoms with Gasteiger partial charge in [-0.1, -0.05) is 25.1 Å². The largest absolute Gasteiger partial charge is 0.375 e. The van der Waals surface area contributed by atoms with E-state index in [1.165, 1.54) is 0 Å². The molecule has 0 aromatic carbocycles. The summed E-state index contributed by atoms with van der Waals surface area (Å²) < 4.78 is 7.06. The van der Waals surface area contributed by atoms with Gasteiger partial charge in [0, 0.05) is 18.8 Å². The van der Waals surface area contributed by atoms with Gasteiger partial charge in [0.15, 0.2) is 0 Å². The third-order valence-electron chi connectivity index (χ3n) is 1.98. The maximum atomic E-state index is 5.27. The highest BCUT2D eigenvalue weighted by molar-refractivity contribution is 4.91. The van der Waals surface area contributed by atoms with E-state index in [1.807, 2.05) is 6.20 Å². The fourth-order valence-electron chi connectivity index (χ4n) is 1.16. The predicted molar refractivity (Wildman–Crippen MR) is 63.0 cm³/mol. The van der Waals surface area contributed by atoms with Crippen LogP contribution in [0.3, 0.4) is 0 Å². The van der Waals surface area contributed by atoms with Crippen molar-refractivity contribution in [2.45, 2.75) is 33.0 Å². The Morgan fingerprint density at radius 2 is 2.44 bits per heavy atom. The maximum absolute atomic E-state index is 5.27. The van der Waals surface area contributed by atoms with Gasteiger partial charge in [-0.05, 0) is 0 Å². The first-order chi connectivity index (χ1) is 7.72. The van der Waals surface area contributed by atoms with Gasteiger partial charge in [-0.15, -0.1) is 11.7 Å². The zero-order valence-electron chi connectivity index (χ0n) is 10.0. The second kappa shape index (κ2) is 7.14. The van der Waals surface area contributed by atoms with Crippen molar-refractivity contribution in [2.24, 2.45) is 0 Å². The molecule has 5 heteroatoms. The Hall–Kier alpha value is -1.20. The standard InChI is InChI=1S/C11H20N4O/c1-4-6-16-7-5-15-9-11(13-14-15)8-12-10(2)3/h4,9-10,12H,1,5-8H2,2-3H3. The number of ether oxygens (including phenoxy) is 1. The first kappa shape index (κ1) is 12.9. The average molecular weight is 224 g/mol. The highest BCUT2D eigenvalue weighted by atomic mass is 16.5. The molecule has 1 aromatic heterocycles. The first-order valence-corrected chi connectivity index (χ1v) is 5.53. The number of hydrogen-bond acceptors (Lipinski definition) is 4. The van der Waals surface area contributed by atoms with E-state index in [0.717, 1.165) is 18.8 Å². The third kappa shape index (κ3) is 5.04. The summed E-state index contributed by atoms with van der Waals surface area (Å²) >= 11 is 0. The topological polar surface area (TPSA) is 52.0 Å². The molecule has 0 radical (unpaired) electrons. The van der Waals surface area contributed by atoms with E-state index in [2.05, 4.69) is 36.1 Å². The van der Waals surface area contributed by atoms with Crippen molar-refractivity contribution in [1.82, 2.24) is 20.3 Å². The molecule has 0 aliphatic carbocycles. The summed E-state index contributed by atoms with van der Waals surface area (Å²) in [7, 11) is 0. The monoisotopic (exact) mass is 224 g/mol. The van der Waals surface area contributed by atoms with E-state index in [0.29, 0.717) is 19.3 Å². The SMILES string of the molecule is C=CCOCCn1cc(CNC(C)C)nn1. The molecule has 0 aliphatic heterocycles. The minimum absolute atomic E-state index is 0.459. The number of nitrogens with zero attached hydrogens (tertiary/aromatic N) is 3. The van der Waals surface area contributed by atoms with Crippen LogP contribution in [-0.2, 0) is 17.8 Å². The number of hydrogen-bond donors (Lipinski definition) is 1. The third-order valence-corrected chi connectivity index (χ3v) is 1.98. The summed E-state index contributed by atoms with van der Waals surface area (Å²) in [6.07, 6.45) is 3.67. The van der Waals surface area contributed by atoms with Crippen LogP contribution in [0.4, 0.5) is 0 Å². The Balaban J connectivity index is 2.25.